The summed E-state index contributed by atoms with van der Waals surface area (Å²) < 4.78 is 5.85. The van der Waals surface area contributed by atoms with Gasteiger partial charge in [-0.05, 0) is 48.3 Å². The molecular formula is C28H27NO2. The van der Waals surface area contributed by atoms with Crippen molar-refractivity contribution in [3.8, 4) is 11.8 Å². The molecule has 0 amide bonds. The summed E-state index contributed by atoms with van der Waals surface area (Å²) in [6, 6.07) is 30.2. The molecule has 4 rings (SSSR count). The van der Waals surface area contributed by atoms with Crippen LogP contribution in [0.1, 0.15) is 35.6 Å². The van der Waals surface area contributed by atoms with E-state index in [1.165, 1.54) is 5.56 Å². The first-order valence-corrected chi connectivity index (χ1v) is 10.8. The van der Waals surface area contributed by atoms with Gasteiger partial charge in [0.25, 0.3) is 0 Å². The van der Waals surface area contributed by atoms with Crippen LogP contribution in [0, 0.1) is 23.7 Å². The van der Waals surface area contributed by atoms with Gasteiger partial charge in [0.1, 0.15) is 0 Å². The topological polar surface area (TPSA) is 30.8 Å². The zero-order chi connectivity index (χ0) is 21.1. The van der Waals surface area contributed by atoms with Crippen molar-refractivity contribution in [3.05, 3.63) is 108 Å². The largest absolute Gasteiger partial charge is 0.376 e. The number of hydrogen-bond donors (Lipinski definition) is 0. The second-order valence-electron chi connectivity index (χ2n) is 7.88. The average molecular weight is 410 g/mol. The molecule has 3 heteroatoms. The maximum atomic E-state index is 5.85. The molecular weight excluding hydrogens is 382 g/mol. The molecule has 0 unspecified atom stereocenters. The highest BCUT2D eigenvalue weighted by Crippen LogP contribution is 2.33. The van der Waals surface area contributed by atoms with Crippen LogP contribution in [0.15, 0.2) is 96.2 Å². The summed E-state index contributed by atoms with van der Waals surface area (Å²) in [6.07, 6.45) is 3.72. The van der Waals surface area contributed by atoms with Crippen LogP contribution in [0.2, 0.25) is 0 Å². The van der Waals surface area contributed by atoms with Crippen molar-refractivity contribution in [2.75, 3.05) is 6.61 Å². The standard InChI is InChI=1S/C28H27NO2/c1-4-10-23(11-5-1)16-17-28(27-14-8-3-9-15-27)31-29-20-25-18-26(19-25)22-30-21-24-12-6-2-7-13-24/h1-15,20,25-26,28H,18-19,21-22H2/b29-20-/t25?,26?,28-/m0/s1. The third kappa shape index (κ3) is 6.57. The van der Waals surface area contributed by atoms with E-state index in [2.05, 4.69) is 29.1 Å². The molecule has 3 nitrogen and oxygen atoms in total. The Kier molecular flexibility index (Phi) is 7.52. The van der Waals surface area contributed by atoms with Crippen molar-refractivity contribution in [1.82, 2.24) is 0 Å². The van der Waals surface area contributed by atoms with E-state index < -0.39 is 0 Å². The van der Waals surface area contributed by atoms with E-state index in [-0.39, 0.29) is 6.10 Å². The molecule has 0 N–H and O–H groups in total. The SMILES string of the molecule is C(#C[C@H](O/N=C\C1CC(COCc2ccccc2)C1)c1ccccc1)c1ccccc1. The Bertz CT molecular complexity index is 1000. The first-order chi connectivity index (χ1) is 15.4. The summed E-state index contributed by atoms with van der Waals surface area (Å²) in [5.41, 5.74) is 3.19. The van der Waals surface area contributed by atoms with Crippen molar-refractivity contribution >= 4 is 6.21 Å². The minimum absolute atomic E-state index is 0.386. The van der Waals surface area contributed by atoms with Crippen LogP contribution in [0.25, 0.3) is 0 Å². The fourth-order valence-corrected chi connectivity index (χ4v) is 3.61. The van der Waals surface area contributed by atoms with Crippen molar-refractivity contribution in [1.29, 1.82) is 0 Å². The summed E-state index contributed by atoms with van der Waals surface area (Å²) in [5.74, 6) is 7.44. The zero-order valence-corrected chi connectivity index (χ0v) is 17.6. The highest BCUT2D eigenvalue weighted by atomic mass is 16.6. The van der Waals surface area contributed by atoms with Gasteiger partial charge in [-0.3, -0.25) is 0 Å². The lowest BCUT2D eigenvalue weighted by molar-refractivity contribution is 0.0474. The predicted octanol–water partition coefficient (Wildman–Crippen LogP) is 6.02. The number of rotatable bonds is 8. The fourth-order valence-electron chi connectivity index (χ4n) is 3.61. The fraction of sp³-hybridized carbons (Fsp3) is 0.250. The number of oxime groups is 1. The second kappa shape index (κ2) is 11.2. The maximum Gasteiger partial charge on any atom is 0.213 e. The highest BCUT2D eigenvalue weighted by Gasteiger charge is 2.28. The summed E-state index contributed by atoms with van der Waals surface area (Å²) in [5, 5.41) is 4.28. The van der Waals surface area contributed by atoms with Gasteiger partial charge < -0.3 is 9.57 Å². The third-order valence-electron chi connectivity index (χ3n) is 5.40. The summed E-state index contributed by atoms with van der Waals surface area (Å²) in [7, 11) is 0. The van der Waals surface area contributed by atoms with Gasteiger partial charge in [-0.25, -0.2) is 0 Å². The van der Waals surface area contributed by atoms with Crippen molar-refractivity contribution in [3.63, 3.8) is 0 Å². The van der Waals surface area contributed by atoms with E-state index in [4.69, 9.17) is 9.57 Å². The zero-order valence-electron chi connectivity index (χ0n) is 17.6. The van der Waals surface area contributed by atoms with E-state index in [9.17, 15) is 0 Å². The van der Waals surface area contributed by atoms with Crippen LogP contribution >= 0.6 is 0 Å². The van der Waals surface area contributed by atoms with Crippen LogP contribution in [-0.4, -0.2) is 12.8 Å². The molecule has 3 aromatic carbocycles. The van der Waals surface area contributed by atoms with Gasteiger partial charge in [0, 0.05) is 23.9 Å². The van der Waals surface area contributed by atoms with E-state index in [1.807, 2.05) is 85.1 Å². The smallest absolute Gasteiger partial charge is 0.213 e. The number of nitrogens with zero attached hydrogens (tertiary/aromatic N) is 1. The molecule has 1 fully saturated rings. The van der Waals surface area contributed by atoms with Gasteiger partial charge in [0.2, 0.25) is 6.10 Å². The van der Waals surface area contributed by atoms with Crippen LogP contribution in [-0.2, 0) is 16.2 Å². The molecule has 31 heavy (non-hydrogen) atoms. The molecule has 0 aliphatic heterocycles. The molecule has 1 atom stereocenters. The van der Waals surface area contributed by atoms with Gasteiger partial charge in [0.05, 0.1) is 6.61 Å². The Morgan fingerprint density at radius 1 is 0.871 bits per heavy atom. The molecule has 3 aromatic rings. The number of benzene rings is 3. The molecule has 1 aliphatic rings. The first kappa shape index (κ1) is 20.9. The minimum atomic E-state index is -0.386. The molecule has 0 spiro atoms. The molecule has 0 aromatic heterocycles. The third-order valence-corrected chi connectivity index (χ3v) is 5.40. The normalized spacial score (nSPS) is 18.6. The Labute approximate surface area is 184 Å². The lowest BCUT2D eigenvalue weighted by Crippen LogP contribution is -2.28. The molecule has 1 saturated carbocycles. The number of hydrogen-bond acceptors (Lipinski definition) is 3. The Balaban J connectivity index is 1.25. The molecule has 0 radical (unpaired) electrons. The molecule has 156 valence electrons. The maximum absolute atomic E-state index is 5.85. The molecule has 1 aliphatic carbocycles. The number of ether oxygens (including phenoxy) is 1. The lowest BCUT2D eigenvalue weighted by Gasteiger charge is -2.32. The minimum Gasteiger partial charge on any atom is -0.376 e. The van der Waals surface area contributed by atoms with E-state index in [0.29, 0.717) is 18.4 Å². The van der Waals surface area contributed by atoms with Gasteiger partial charge in [-0.2, -0.15) is 0 Å². The monoisotopic (exact) mass is 409 g/mol. The highest BCUT2D eigenvalue weighted by molar-refractivity contribution is 5.61. The van der Waals surface area contributed by atoms with Crippen molar-refractivity contribution in [2.24, 2.45) is 17.0 Å². The lowest BCUT2D eigenvalue weighted by atomic mass is 9.76. The summed E-state index contributed by atoms with van der Waals surface area (Å²) >= 11 is 0. The van der Waals surface area contributed by atoms with Gasteiger partial charge in [0.15, 0.2) is 0 Å². The van der Waals surface area contributed by atoms with Crippen LogP contribution in [0.4, 0.5) is 0 Å². The Morgan fingerprint density at radius 2 is 1.52 bits per heavy atom. The van der Waals surface area contributed by atoms with E-state index >= 15 is 0 Å². The van der Waals surface area contributed by atoms with Gasteiger partial charge in [-0.15, -0.1) is 0 Å². The van der Waals surface area contributed by atoms with Crippen molar-refractivity contribution < 1.29 is 9.57 Å². The van der Waals surface area contributed by atoms with Crippen LogP contribution < -0.4 is 0 Å². The quantitative estimate of drug-likeness (QED) is 0.259. The summed E-state index contributed by atoms with van der Waals surface area (Å²) in [4.78, 5) is 5.80. The van der Waals surface area contributed by atoms with Crippen LogP contribution in [0.5, 0.6) is 0 Å². The van der Waals surface area contributed by atoms with E-state index in [1.54, 1.807) is 0 Å². The first-order valence-electron chi connectivity index (χ1n) is 10.8. The van der Waals surface area contributed by atoms with Crippen LogP contribution in [0.3, 0.4) is 0 Å². The van der Waals surface area contributed by atoms with Gasteiger partial charge in [-0.1, -0.05) is 89.9 Å². The average Bonchev–Trinajstić information content (AvgIpc) is 2.81. The molecule has 0 saturated heterocycles. The second-order valence-corrected chi connectivity index (χ2v) is 7.88. The molecule has 0 bridgehead atoms. The van der Waals surface area contributed by atoms with Crippen molar-refractivity contribution in [2.45, 2.75) is 25.6 Å². The summed E-state index contributed by atoms with van der Waals surface area (Å²) in [6.45, 7) is 1.48. The van der Waals surface area contributed by atoms with Gasteiger partial charge >= 0.3 is 0 Å². The molecule has 0 heterocycles. The Morgan fingerprint density at radius 3 is 2.23 bits per heavy atom. The predicted molar refractivity (Wildman–Crippen MR) is 124 cm³/mol. The Hall–Kier alpha value is -3.35. The van der Waals surface area contributed by atoms with E-state index in [0.717, 1.165) is 30.6 Å².